The van der Waals surface area contributed by atoms with Gasteiger partial charge in [-0.15, -0.1) is 25.3 Å². The van der Waals surface area contributed by atoms with E-state index in [1.54, 1.807) is 36.4 Å². The fraction of sp³-hybridized carbons (Fsp3) is 0.263. The molecule has 0 aliphatic carbocycles. The van der Waals surface area contributed by atoms with E-state index in [0.717, 1.165) is 20.9 Å². The van der Waals surface area contributed by atoms with Crippen molar-refractivity contribution < 1.29 is 30.0 Å². The molecule has 0 heterocycles. The molecule has 4 N–H and O–H groups in total. The van der Waals surface area contributed by atoms with E-state index in [1.165, 1.54) is 0 Å². The van der Waals surface area contributed by atoms with Gasteiger partial charge < -0.3 is 20.4 Å². The Bertz CT molecular complexity index is 647. The lowest BCUT2D eigenvalue weighted by Crippen LogP contribution is -1.99. The maximum atomic E-state index is 10.3. The fourth-order valence-corrected chi connectivity index (χ4v) is 2.26. The van der Waals surface area contributed by atoms with Crippen LogP contribution in [0.25, 0.3) is 0 Å². The molecule has 0 fully saturated rings. The molecule has 0 aliphatic rings. The Morgan fingerprint density at radius 1 is 0.741 bits per heavy atom. The Morgan fingerprint density at radius 3 is 1.33 bits per heavy atom. The second kappa shape index (κ2) is 15.1. The maximum absolute atomic E-state index is 10.3. The van der Waals surface area contributed by atoms with Crippen molar-refractivity contribution in [3.63, 3.8) is 0 Å². The highest BCUT2D eigenvalue weighted by Crippen LogP contribution is 2.09. The minimum absolute atomic E-state index is 0.0639. The van der Waals surface area contributed by atoms with Crippen LogP contribution in [0.1, 0.15) is 17.5 Å². The molecule has 0 radical (unpaired) electrons. The topological polar surface area (TPSA) is 115 Å². The largest absolute Gasteiger partial charge is 0.481 e. The summed E-state index contributed by atoms with van der Waals surface area (Å²) in [6.07, 6.45) is 0.628. The van der Waals surface area contributed by atoms with Crippen molar-refractivity contribution in [2.75, 3.05) is 13.2 Å². The lowest BCUT2D eigenvalue weighted by atomic mass is 10.2. The summed E-state index contributed by atoms with van der Waals surface area (Å²) in [5.41, 5.74) is 1.56. The lowest BCUT2D eigenvalue weighted by Gasteiger charge is -1.96. The fourth-order valence-electron chi connectivity index (χ4n) is 1.75. The van der Waals surface area contributed by atoms with Gasteiger partial charge in [0.2, 0.25) is 0 Å². The van der Waals surface area contributed by atoms with Crippen LogP contribution in [-0.4, -0.2) is 45.6 Å². The van der Waals surface area contributed by atoms with E-state index < -0.39 is 11.9 Å². The van der Waals surface area contributed by atoms with Crippen LogP contribution in [0.5, 0.6) is 0 Å². The summed E-state index contributed by atoms with van der Waals surface area (Å²) in [5.74, 6) is -1.63. The number of aliphatic hydroxyl groups excluding tert-OH is 2. The first-order valence-corrected chi connectivity index (χ1v) is 8.89. The monoisotopic (exact) mass is 412 g/mol. The number of rotatable bonds is 6. The van der Waals surface area contributed by atoms with Crippen LogP contribution in [0.2, 0.25) is 0 Å². The van der Waals surface area contributed by atoms with E-state index in [-0.39, 0.29) is 26.1 Å². The summed E-state index contributed by atoms with van der Waals surface area (Å²) in [6, 6.07) is 14.3. The number of aliphatic hydroxyl groups is 2. The number of carboxylic acids is 2. The van der Waals surface area contributed by atoms with E-state index in [1.807, 2.05) is 12.1 Å². The normalized spacial score (nSPS) is 9.33. The van der Waals surface area contributed by atoms with Crippen LogP contribution in [0.15, 0.2) is 58.3 Å². The molecule has 0 unspecified atom stereocenters. The number of aliphatic carboxylic acids is 2. The first kappa shape index (κ1) is 25.0. The van der Waals surface area contributed by atoms with E-state index in [2.05, 4.69) is 25.3 Å². The van der Waals surface area contributed by atoms with Crippen molar-refractivity contribution >= 4 is 37.2 Å². The van der Waals surface area contributed by atoms with Gasteiger partial charge in [-0.2, -0.15) is 0 Å². The highest BCUT2D eigenvalue weighted by molar-refractivity contribution is 7.80. The van der Waals surface area contributed by atoms with Crippen molar-refractivity contribution in [1.82, 2.24) is 0 Å². The smallest absolute Gasteiger partial charge is 0.307 e. The molecule has 0 aromatic heterocycles. The zero-order valence-electron chi connectivity index (χ0n) is 14.7. The highest BCUT2D eigenvalue weighted by atomic mass is 32.1. The quantitative estimate of drug-likeness (QED) is 0.406. The van der Waals surface area contributed by atoms with Crippen LogP contribution in [0.4, 0.5) is 0 Å². The van der Waals surface area contributed by atoms with E-state index in [0.29, 0.717) is 6.42 Å². The van der Waals surface area contributed by atoms with Gasteiger partial charge in [-0.05, 0) is 41.8 Å². The highest BCUT2D eigenvalue weighted by Gasteiger charge is 1.99. The van der Waals surface area contributed by atoms with Gasteiger partial charge in [-0.1, -0.05) is 24.3 Å². The van der Waals surface area contributed by atoms with Crippen LogP contribution in [0, 0.1) is 0 Å². The summed E-state index contributed by atoms with van der Waals surface area (Å²) in [4.78, 5) is 22.1. The molecule has 0 bridgehead atoms. The second-order valence-corrected chi connectivity index (χ2v) is 6.31. The molecule has 2 aromatic rings. The van der Waals surface area contributed by atoms with Crippen molar-refractivity contribution in [1.29, 1.82) is 0 Å². The summed E-state index contributed by atoms with van der Waals surface area (Å²) in [5, 5.41) is 32.7. The molecule has 6 nitrogen and oxygen atoms in total. The van der Waals surface area contributed by atoms with Gasteiger partial charge in [-0.3, -0.25) is 9.59 Å². The predicted octanol–water partition coefficient (Wildman–Crippen LogP) is 2.57. The van der Waals surface area contributed by atoms with E-state index in [4.69, 9.17) is 20.4 Å². The third kappa shape index (κ3) is 14.8. The Balaban J connectivity index is 0.000000405. The molecule has 8 heteroatoms. The van der Waals surface area contributed by atoms with Gasteiger partial charge in [-0.25, -0.2) is 0 Å². The van der Waals surface area contributed by atoms with Crippen molar-refractivity contribution in [3.8, 4) is 0 Å². The third-order valence-corrected chi connectivity index (χ3v) is 3.40. The van der Waals surface area contributed by atoms with Gasteiger partial charge in [0.15, 0.2) is 0 Å². The first-order chi connectivity index (χ1) is 12.8. The molecule has 0 saturated carbocycles. The average Bonchev–Trinajstić information content (AvgIpc) is 2.55. The molecule has 0 saturated heterocycles. The molecule has 0 atom stereocenters. The molecular weight excluding hydrogens is 388 g/mol. The number of carbonyl (C=O) groups is 2. The van der Waals surface area contributed by atoms with Crippen LogP contribution < -0.4 is 0 Å². The molecule has 0 aliphatic heterocycles. The first-order valence-electron chi connectivity index (χ1n) is 7.99. The molecule has 2 rings (SSSR count). The Labute approximate surface area is 169 Å². The summed E-state index contributed by atoms with van der Waals surface area (Å²) in [6.45, 7) is 0.188. The zero-order valence-corrected chi connectivity index (χ0v) is 16.4. The number of carboxylic acid groups (broad SMARTS) is 2. The molecule has 0 spiro atoms. The van der Waals surface area contributed by atoms with E-state index in [9.17, 15) is 9.59 Å². The molecule has 2 aromatic carbocycles. The standard InChI is InChI=1S/2C8H8O2S.C3H8O2/c2*9-8(10)5-6-2-1-3-7(11)4-6;4-2-1-3-5/h2*1-4,11H,5H2,(H,9,10);4-5H,1-3H2. The van der Waals surface area contributed by atoms with Gasteiger partial charge in [0, 0.05) is 23.0 Å². The minimum atomic E-state index is -0.816. The zero-order chi connectivity index (χ0) is 20.7. The summed E-state index contributed by atoms with van der Waals surface area (Å²) < 4.78 is 0. The SMILES string of the molecule is O=C(O)Cc1cccc(S)c1.O=C(O)Cc1cccc(S)c1.OCCCO. The van der Waals surface area contributed by atoms with Crippen LogP contribution in [-0.2, 0) is 22.4 Å². The number of benzene rings is 2. The Kier molecular flexibility index (Phi) is 14.0. The Morgan fingerprint density at radius 2 is 1.11 bits per heavy atom. The second-order valence-electron chi connectivity index (χ2n) is 5.28. The average molecular weight is 413 g/mol. The van der Waals surface area contributed by atoms with E-state index >= 15 is 0 Å². The van der Waals surface area contributed by atoms with Crippen molar-refractivity contribution in [3.05, 3.63) is 59.7 Å². The summed E-state index contributed by atoms with van der Waals surface area (Å²) in [7, 11) is 0. The number of hydrogen-bond acceptors (Lipinski definition) is 6. The van der Waals surface area contributed by atoms with Crippen LogP contribution in [0.3, 0.4) is 0 Å². The Hall–Kier alpha value is -2.00. The number of thiol groups is 2. The maximum Gasteiger partial charge on any atom is 0.307 e. The van der Waals surface area contributed by atoms with Crippen LogP contribution >= 0.6 is 25.3 Å². The minimum Gasteiger partial charge on any atom is -0.481 e. The van der Waals surface area contributed by atoms with Gasteiger partial charge in [0.05, 0.1) is 12.8 Å². The summed E-state index contributed by atoms with van der Waals surface area (Å²) >= 11 is 8.17. The van der Waals surface area contributed by atoms with Gasteiger partial charge in [0.1, 0.15) is 0 Å². The molecule has 27 heavy (non-hydrogen) atoms. The van der Waals surface area contributed by atoms with Crippen molar-refractivity contribution in [2.24, 2.45) is 0 Å². The number of hydrogen-bond donors (Lipinski definition) is 6. The van der Waals surface area contributed by atoms with Gasteiger partial charge in [0.25, 0.3) is 0 Å². The molecule has 148 valence electrons. The lowest BCUT2D eigenvalue weighted by molar-refractivity contribution is -0.137. The van der Waals surface area contributed by atoms with Crippen molar-refractivity contribution in [2.45, 2.75) is 29.1 Å². The predicted molar refractivity (Wildman–Crippen MR) is 109 cm³/mol. The van der Waals surface area contributed by atoms with Gasteiger partial charge >= 0.3 is 11.9 Å². The molecule has 0 amide bonds. The molecular formula is C19H24O6S2. The third-order valence-electron chi connectivity index (χ3n) is 2.85.